The molecule has 4 aromatic carbocycles. The molecule has 0 aliphatic carbocycles. The standard InChI is InChI=1S/C20H16/c1-2-3-5-14-12-17-10-8-15-6-4-7-16-9-11-18(13-14)20(17)19(15)16/h2,4,6-13H,1,3,5H2. The first-order chi connectivity index (χ1) is 9.86. The molecule has 0 nitrogen and oxygen atoms in total. The molecule has 96 valence electrons. The van der Waals surface area contributed by atoms with Crippen molar-refractivity contribution in [2.75, 3.05) is 0 Å². The minimum absolute atomic E-state index is 1.04. The van der Waals surface area contributed by atoms with Crippen LogP contribution >= 0.6 is 0 Å². The number of hydrogen-bond donors (Lipinski definition) is 0. The summed E-state index contributed by atoms with van der Waals surface area (Å²) in [4.78, 5) is 0. The van der Waals surface area contributed by atoms with Gasteiger partial charge in [0, 0.05) is 0 Å². The first kappa shape index (κ1) is 11.5. The van der Waals surface area contributed by atoms with Crippen LogP contribution in [0.4, 0.5) is 0 Å². The van der Waals surface area contributed by atoms with Gasteiger partial charge in [-0.05, 0) is 50.7 Å². The van der Waals surface area contributed by atoms with E-state index >= 15 is 0 Å². The Morgan fingerprint density at radius 1 is 0.750 bits per heavy atom. The molecule has 0 aliphatic heterocycles. The van der Waals surface area contributed by atoms with Crippen molar-refractivity contribution in [1.82, 2.24) is 0 Å². The zero-order valence-electron chi connectivity index (χ0n) is 11.4. The second-order valence-electron chi connectivity index (χ2n) is 5.45. The van der Waals surface area contributed by atoms with Crippen LogP contribution in [0.2, 0.25) is 0 Å². The fraction of sp³-hybridized carbons (Fsp3) is 0.100. The van der Waals surface area contributed by atoms with E-state index in [1.54, 1.807) is 0 Å². The van der Waals surface area contributed by atoms with Crippen LogP contribution in [0.1, 0.15) is 12.0 Å². The van der Waals surface area contributed by atoms with Crippen molar-refractivity contribution >= 4 is 32.3 Å². The average molecular weight is 256 g/mol. The van der Waals surface area contributed by atoms with Crippen molar-refractivity contribution in [3.8, 4) is 0 Å². The minimum Gasteiger partial charge on any atom is -0.103 e. The van der Waals surface area contributed by atoms with E-state index in [9.17, 15) is 0 Å². The Kier molecular flexibility index (Phi) is 2.50. The summed E-state index contributed by atoms with van der Waals surface area (Å²) >= 11 is 0. The number of aryl methyl sites for hydroxylation is 1. The van der Waals surface area contributed by atoms with Gasteiger partial charge in [0.2, 0.25) is 0 Å². The number of rotatable bonds is 3. The van der Waals surface area contributed by atoms with Gasteiger partial charge in [0.25, 0.3) is 0 Å². The topological polar surface area (TPSA) is 0 Å². The third kappa shape index (κ3) is 1.61. The lowest BCUT2D eigenvalue weighted by Gasteiger charge is -2.12. The molecular weight excluding hydrogens is 240 g/mol. The lowest BCUT2D eigenvalue weighted by atomic mass is 9.92. The van der Waals surface area contributed by atoms with Gasteiger partial charge in [-0.1, -0.05) is 60.7 Å². The third-order valence-corrected chi connectivity index (χ3v) is 4.16. The predicted molar refractivity (Wildman–Crippen MR) is 88.7 cm³/mol. The summed E-state index contributed by atoms with van der Waals surface area (Å²) in [6, 6.07) is 20.2. The zero-order chi connectivity index (χ0) is 13.5. The molecule has 0 saturated heterocycles. The van der Waals surface area contributed by atoms with Crippen LogP contribution < -0.4 is 0 Å². The molecule has 0 N–H and O–H groups in total. The van der Waals surface area contributed by atoms with Crippen molar-refractivity contribution in [3.05, 3.63) is 72.8 Å². The van der Waals surface area contributed by atoms with Crippen molar-refractivity contribution in [2.45, 2.75) is 12.8 Å². The van der Waals surface area contributed by atoms with Crippen molar-refractivity contribution < 1.29 is 0 Å². The van der Waals surface area contributed by atoms with Gasteiger partial charge >= 0.3 is 0 Å². The second kappa shape index (κ2) is 4.35. The highest BCUT2D eigenvalue weighted by Gasteiger charge is 2.08. The Morgan fingerprint density at radius 3 is 1.90 bits per heavy atom. The molecule has 0 saturated carbocycles. The van der Waals surface area contributed by atoms with Crippen LogP contribution in [0, 0.1) is 0 Å². The molecule has 0 radical (unpaired) electrons. The molecule has 0 bridgehead atoms. The lowest BCUT2D eigenvalue weighted by Crippen LogP contribution is -1.88. The first-order valence-electron chi connectivity index (χ1n) is 7.14. The molecule has 0 fully saturated rings. The monoisotopic (exact) mass is 256 g/mol. The third-order valence-electron chi connectivity index (χ3n) is 4.16. The van der Waals surface area contributed by atoms with Gasteiger partial charge in [0.1, 0.15) is 0 Å². The highest BCUT2D eigenvalue weighted by atomic mass is 14.1. The van der Waals surface area contributed by atoms with Crippen LogP contribution in [0.25, 0.3) is 32.3 Å². The number of allylic oxidation sites excluding steroid dienone is 1. The molecule has 0 heteroatoms. The molecule has 0 amide bonds. The Balaban J connectivity index is 2.11. The SMILES string of the molecule is C=CCCc1cc2ccc3cccc4ccc(c1)c2c34. The van der Waals surface area contributed by atoms with Crippen LogP contribution in [-0.4, -0.2) is 0 Å². The van der Waals surface area contributed by atoms with E-state index in [1.165, 1.54) is 37.9 Å². The van der Waals surface area contributed by atoms with E-state index in [1.807, 2.05) is 6.08 Å². The van der Waals surface area contributed by atoms with E-state index in [2.05, 4.69) is 61.2 Å². The lowest BCUT2D eigenvalue weighted by molar-refractivity contribution is 1.01. The molecule has 0 atom stereocenters. The van der Waals surface area contributed by atoms with Crippen LogP contribution in [0.15, 0.2) is 67.3 Å². The van der Waals surface area contributed by atoms with Crippen molar-refractivity contribution in [3.63, 3.8) is 0 Å². The van der Waals surface area contributed by atoms with Crippen LogP contribution in [-0.2, 0) is 6.42 Å². The summed E-state index contributed by atoms with van der Waals surface area (Å²) in [6.07, 6.45) is 4.09. The quantitative estimate of drug-likeness (QED) is 0.325. The van der Waals surface area contributed by atoms with Crippen molar-refractivity contribution in [2.24, 2.45) is 0 Å². The van der Waals surface area contributed by atoms with E-state index in [4.69, 9.17) is 0 Å². The zero-order valence-corrected chi connectivity index (χ0v) is 11.4. The highest BCUT2D eigenvalue weighted by molar-refractivity contribution is 6.23. The van der Waals surface area contributed by atoms with Gasteiger partial charge < -0.3 is 0 Å². The number of benzene rings is 4. The maximum Gasteiger partial charge on any atom is -0.00266 e. The molecule has 0 unspecified atom stereocenters. The highest BCUT2D eigenvalue weighted by Crippen LogP contribution is 2.35. The summed E-state index contributed by atoms with van der Waals surface area (Å²) in [5, 5.41) is 8.18. The summed E-state index contributed by atoms with van der Waals surface area (Å²) in [6.45, 7) is 3.82. The molecule has 0 aliphatic rings. The van der Waals surface area contributed by atoms with Gasteiger partial charge in [0.05, 0.1) is 0 Å². The summed E-state index contributed by atoms with van der Waals surface area (Å²) in [5.41, 5.74) is 1.40. The maximum absolute atomic E-state index is 3.82. The largest absolute Gasteiger partial charge is 0.103 e. The molecule has 0 aromatic heterocycles. The predicted octanol–water partition coefficient (Wildman–Crippen LogP) is 5.70. The normalized spacial score (nSPS) is 11.6. The summed E-state index contributed by atoms with van der Waals surface area (Å²) in [7, 11) is 0. The smallest absolute Gasteiger partial charge is 0.00266 e. The number of hydrogen-bond acceptors (Lipinski definition) is 0. The Hall–Kier alpha value is -2.34. The maximum atomic E-state index is 3.82. The molecule has 4 aromatic rings. The van der Waals surface area contributed by atoms with Gasteiger partial charge in [-0.15, -0.1) is 6.58 Å². The van der Waals surface area contributed by atoms with Crippen LogP contribution in [0.3, 0.4) is 0 Å². The van der Waals surface area contributed by atoms with E-state index in [0.717, 1.165) is 12.8 Å². The molecule has 0 heterocycles. The van der Waals surface area contributed by atoms with E-state index in [-0.39, 0.29) is 0 Å². The summed E-state index contributed by atoms with van der Waals surface area (Å²) in [5.74, 6) is 0. The second-order valence-corrected chi connectivity index (χ2v) is 5.45. The molecule has 20 heavy (non-hydrogen) atoms. The molecule has 4 rings (SSSR count). The van der Waals surface area contributed by atoms with E-state index in [0.29, 0.717) is 0 Å². The Bertz CT molecular complexity index is 851. The Morgan fingerprint density at radius 2 is 1.30 bits per heavy atom. The van der Waals surface area contributed by atoms with Gasteiger partial charge in [0.15, 0.2) is 0 Å². The van der Waals surface area contributed by atoms with Gasteiger partial charge in [-0.25, -0.2) is 0 Å². The fourth-order valence-electron chi connectivity index (χ4n) is 3.23. The average Bonchev–Trinajstić information content (AvgIpc) is 2.50. The Labute approximate surface area is 118 Å². The van der Waals surface area contributed by atoms with Crippen molar-refractivity contribution in [1.29, 1.82) is 0 Å². The fourth-order valence-corrected chi connectivity index (χ4v) is 3.23. The van der Waals surface area contributed by atoms with Gasteiger partial charge in [-0.2, -0.15) is 0 Å². The molecular formula is C20H16. The van der Waals surface area contributed by atoms with E-state index < -0.39 is 0 Å². The minimum atomic E-state index is 1.04. The molecule has 0 spiro atoms. The summed E-state index contributed by atoms with van der Waals surface area (Å²) < 4.78 is 0. The van der Waals surface area contributed by atoms with Gasteiger partial charge in [-0.3, -0.25) is 0 Å². The van der Waals surface area contributed by atoms with Crippen LogP contribution in [0.5, 0.6) is 0 Å². The first-order valence-corrected chi connectivity index (χ1v) is 7.14.